The van der Waals surface area contributed by atoms with Crippen LogP contribution in [0.3, 0.4) is 0 Å². The Morgan fingerprint density at radius 1 is 0.393 bits per heavy atom. The molecule has 5 aromatic rings. The average Bonchev–Trinajstić information content (AvgIpc) is 3.04. The molecule has 308 valence electrons. The lowest BCUT2D eigenvalue weighted by Gasteiger charge is -2.19. The maximum absolute atomic E-state index is 6.01. The van der Waals surface area contributed by atoms with Gasteiger partial charge < -0.3 is 0 Å². The van der Waals surface area contributed by atoms with Crippen LogP contribution >= 0.6 is 46.4 Å². The van der Waals surface area contributed by atoms with Gasteiger partial charge in [0.25, 0.3) is 0 Å². The van der Waals surface area contributed by atoms with Gasteiger partial charge in [-0.2, -0.15) is 0 Å². The molecule has 0 saturated carbocycles. The minimum Gasteiger partial charge on any atom is -0.264 e. The van der Waals surface area contributed by atoms with Crippen molar-refractivity contribution in [1.29, 1.82) is 0 Å². The average molecular weight is 841 g/mol. The fourth-order valence-corrected chi connectivity index (χ4v) is 6.39. The maximum Gasteiger partial charge on any atom is 0.0626 e. The van der Waals surface area contributed by atoms with Crippen molar-refractivity contribution in [3.8, 4) is 0 Å². The van der Waals surface area contributed by atoms with Gasteiger partial charge >= 0.3 is 0 Å². The summed E-state index contributed by atoms with van der Waals surface area (Å²) in [4.78, 5) is 7.95. The van der Waals surface area contributed by atoms with Crippen LogP contribution in [0.15, 0.2) is 110 Å². The Labute approximate surface area is 362 Å². The first kappa shape index (κ1) is 53.1. The summed E-state index contributed by atoms with van der Waals surface area (Å²) in [5.41, 5.74) is 8.31. The third-order valence-corrected chi connectivity index (χ3v) is 9.64. The molecule has 6 heteroatoms. The highest BCUT2D eigenvalue weighted by atomic mass is 35.5. The van der Waals surface area contributed by atoms with E-state index in [1.165, 1.54) is 22.3 Å². The zero-order valence-corrected chi connectivity index (χ0v) is 39.3. The molecule has 2 heterocycles. The van der Waals surface area contributed by atoms with E-state index in [0.29, 0.717) is 0 Å². The molecule has 0 N–H and O–H groups in total. The van der Waals surface area contributed by atoms with Crippen molar-refractivity contribution in [1.82, 2.24) is 9.97 Å². The molecule has 0 amide bonds. The second-order valence-electron chi connectivity index (χ2n) is 18.8. The Balaban J connectivity index is 0.000000672. The van der Waals surface area contributed by atoms with Crippen molar-refractivity contribution >= 4 is 46.4 Å². The Morgan fingerprint density at radius 3 is 1.20 bits per heavy atom. The van der Waals surface area contributed by atoms with Crippen LogP contribution in [-0.4, -0.2) is 9.97 Å². The minimum absolute atomic E-state index is 0. The smallest absolute Gasteiger partial charge is 0.0626 e. The molecule has 0 unspecified atom stereocenters. The summed E-state index contributed by atoms with van der Waals surface area (Å²) in [7, 11) is 0. The predicted molar refractivity (Wildman–Crippen MR) is 253 cm³/mol. The number of aromatic nitrogens is 2. The third-order valence-electron chi connectivity index (χ3n) is 8.45. The number of aryl methyl sites for hydroxylation is 1. The van der Waals surface area contributed by atoms with Crippen LogP contribution in [0.5, 0.6) is 0 Å². The Kier molecular flexibility index (Phi) is 21.7. The highest BCUT2D eigenvalue weighted by Crippen LogP contribution is 2.30. The maximum atomic E-state index is 6.01. The molecular formula is C50H70Cl4N2. The highest BCUT2D eigenvalue weighted by molar-refractivity contribution is 6.32. The number of rotatable bonds is 0. The molecule has 0 bridgehead atoms. The minimum atomic E-state index is 0. The lowest BCUT2D eigenvalue weighted by molar-refractivity contribution is 0.587. The lowest BCUT2D eigenvalue weighted by atomic mass is 9.87. The van der Waals surface area contributed by atoms with Crippen molar-refractivity contribution in [3.05, 3.63) is 163 Å². The standard InChI is InChI=1S/C11H16.2C10H13Cl.2C9H12ClN.CH4/c1-9-5-7-10(8-6-9)11(2,3)4;1-10(2,3)8-5-4-6-9(11)7-8;1-10(2,3)8-6-4-5-7-9(8)11;1-9(2,3)7-6-11-5-4-8(7)10;1-9(2,3)7-4-5-11-6-8(7)10;/h5-8H,1-4H3;2*4-7H,1-3H3;2*4-6H,1-3H3;1H4. The van der Waals surface area contributed by atoms with Gasteiger partial charge in [0.05, 0.1) is 5.02 Å². The topological polar surface area (TPSA) is 25.8 Å². The van der Waals surface area contributed by atoms with E-state index in [-0.39, 0.29) is 34.5 Å². The molecule has 0 spiro atoms. The lowest BCUT2D eigenvalue weighted by Crippen LogP contribution is -2.11. The molecule has 2 nitrogen and oxygen atoms in total. The van der Waals surface area contributed by atoms with Gasteiger partial charge in [0.2, 0.25) is 0 Å². The van der Waals surface area contributed by atoms with Crippen LogP contribution in [0.4, 0.5) is 0 Å². The summed E-state index contributed by atoms with van der Waals surface area (Å²) >= 11 is 23.8. The van der Waals surface area contributed by atoms with Crippen LogP contribution in [-0.2, 0) is 27.1 Å². The number of nitrogens with zero attached hydrogens (tertiary/aromatic N) is 2. The fraction of sp³-hybridized carbons (Fsp3) is 0.440. The van der Waals surface area contributed by atoms with E-state index < -0.39 is 0 Å². The molecule has 0 aliphatic carbocycles. The van der Waals surface area contributed by atoms with E-state index in [2.05, 4.69) is 157 Å². The van der Waals surface area contributed by atoms with Crippen LogP contribution in [0.25, 0.3) is 0 Å². The molecule has 3 aromatic carbocycles. The molecule has 0 fully saturated rings. The SMILES string of the molecule is C.CC(C)(C)c1cccc(Cl)c1.CC(C)(C)c1ccccc1Cl.CC(C)(C)c1ccncc1Cl.CC(C)(C)c1cnccc1Cl.Cc1ccc(C(C)(C)C)cc1. The van der Waals surface area contributed by atoms with Crippen LogP contribution in [0.1, 0.15) is 145 Å². The van der Waals surface area contributed by atoms with Gasteiger partial charge in [-0.25, -0.2) is 0 Å². The molecular weight excluding hydrogens is 770 g/mol. The van der Waals surface area contributed by atoms with Crippen molar-refractivity contribution in [2.75, 3.05) is 0 Å². The highest BCUT2D eigenvalue weighted by Gasteiger charge is 2.18. The van der Waals surface area contributed by atoms with E-state index in [1.807, 2.05) is 54.7 Å². The van der Waals surface area contributed by atoms with E-state index >= 15 is 0 Å². The molecule has 0 aliphatic heterocycles. The quantitative estimate of drug-likeness (QED) is 0.155. The zero-order chi connectivity index (χ0) is 42.4. The summed E-state index contributed by atoms with van der Waals surface area (Å²) in [5, 5.41) is 3.23. The van der Waals surface area contributed by atoms with Crippen molar-refractivity contribution in [2.45, 2.75) is 145 Å². The van der Waals surface area contributed by atoms with Crippen LogP contribution in [0.2, 0.25) is 20.1 Å². The van der Waals surface area contributed by atoms with Gasteiger partial charge in [-0.3, -0.25) is 9.97 Å². The number of benzene rings is 3. The molecule has 2 aromatic heterocycles. The first-order valence-electron chi connectivity index (χ1n) is 18.8. The number of halogens is 4. The fourth-order valence-electron chi connectivity index (χ4n) is 4.99. The van der Waals surface area contributed by atoms with E-state index in [0.717, 1.165) is 31.2 Å². The second-order valence-corrected chi connectivity index (χ2v) is 20.5. The van der Waals surface area contributed by atoms with Gasteiger partial charge in [0, 0.05) is 39.9 Å². The molecule has 5 rings (SSSR count). The van der Waals surface area contributed by atoms with E-state index in [9.17, 15) is 0 Å². The number of pyridine rings is 2. The zero-order valence-electron chi connectivity index (χ0n) is 36.3. The van der Waals surface area contributed by atoms with Gasteiger partial charge in [0.15, 0.2) is 0 Å². The largest absolute Gasteiger partial charge is 0.264 e. The van der Waals surface area contributed by atoms with Gasteiger partial charge in [-0.05, 0) is 92.1 Å². The summed E-state index contributed by atoms with van der Waals surface area (Å²) in [5.74, 6) is 0. The molecule has 0 atom stereocenters. The number of hydrogen-bond donors (Lipinski definition) is 0. The van der Waals surface area contributed by atoms with Gasteiger partial charge in [-0.1, -0.05) is 218 Å². The monoisotopic (exact) mass is 838 g/mol. The van der Waals surface area contributed by atoms with Gasteiger partial charge in [-0.15, -0.1) is 0 Å². The third kappa shape index (κ3) is 20.0. The first-order valence-corrected chi connectivity index (χ1v) is 20.3. The summed E-state index contributed by atoms with van der Waals surface area (Å²) in [6.07, 6.45) is 6.98. The molecule has 0 aliphatic rings. The van der Waals surface area contributed by atoms with Crippen LogP contribution < -0.4 is 0 Å². The van der Waals surface area contributed by atoms with E-state index in [4.69, 9.17) is 46.4 Å². The van der Waals surface area contributed by atoms with Crippen molar-refractivity contribution in [2.24, 2.45) is 0 Å². The summed E-state index contributed by atoms with van der Waals surface area (Å²) in [6, 6.07) is 28.5. The van der Waals surface area contributed by atoms with Crippen molar-refractivity contribution in [3.63, 3.8) is 0 Å². The predicted octanol–water partition coefficient (Wildman–Crippen LogP) is 17.3. The molecule has 56 heavy (non-hydrogen) atoms. The summed E-state index contributed by atoms with van der Waals surface area (Å²) < 4.78 is 0. The number of hydrogen-bond acceptors (Lipinski definition) is 2. The Morgan fingerprint density at radius 2 is 0.839 bits per heavy atom. The van der Waals surface area contributed by atoms with E-state index in [1.54, 1.807) is 18.6 Å². The Bertz CT molecular complexity index is 1730. The van der Waals surface area contributed by atoms with Gasteiger partial charge in [0.1, 0.15) is 0 Å². The summed E-state index contributed by atoms with van der Waals surface area (Å²) in [6.45, 7) is 34.6. The normalized spacial score (nSPS) is 11.4. The first-order chi connectivity index (χ1) is 25.0. The Hall–Kier alpha value is -2.88. The second kappa shape index (κ2) is 22.9. The molecule has 0 radical (unpaired) electrons. The molecule has 0 saturated heterocycles. The van der Waals surface area contributed by atoms with Crippen LogP contribution in [0, 0.1) is 6.92 Å². The van der Waals surface area contributed by atoms with Crippen molar-refractivity contribution < 1.29 is 0 Å².